The number of aromatic nitrogens is 5. The molecule has 0 radical (unpaired) electrons. The van der Waals surface area contributed by atoms with Crippen LogP contribution in [-0.2, 0) is 30.3 Å². The summed E-state index contributed by atoms with van der Waals surface area (Å²) in [7, 11) is 0. The second-order valence-electron chi connectivity index (χ2n) is 15.3. The monoisotopic (exact) mass is 841 g/mol. The van der Waals surface area contributed by atoms with Gasteiger partial charge < -0.3 is 30.5 Å². The van der Waals surface area contributed by atoms with E-state index in [1.54, 1.807) is 42.6 Å². The topological polar surface area (TPSA) is 219 Å². The zero-order chi connectivity index (χ0) is 43.6. The first-order chi connectivity index (χ1) is 28.4. The molecule has 1 aliphatic carbocycles. The molecular weight excluding hydrogens is 794 g/mol. The van der Waals surface area contributed by atoms with Crippen molar-refractivity contribution >= 4 is 35.4 Å². The van der Waals surface area contributed by atoms with Crippen LogP contribution < -0.4 is 20.9 Å². The van der Waals surface area contributed by atoms with E-state index in [4.69, 9.17) is 25.1 Å². The Balaban J connectivity index is 0.000000896. The van der Waals surface area contributed by atoms with Gasteiger partial charge in [-0.1, -0.05) is 12.1 Å². The van der Waals surface area contributed by atoms with Gasteiger partial charge >= 0.3 is 18.2 Å². The molecule has 1 atom stereocenters. The number of primary amides is 1. The minimum atomic E-state index is -5.08. The van der Waals surface area contributed by atoms with E-state index in [9.17, 15) is 27.6 Å². The third-order valence-electron chi connectivity index (χ3n) is 9.86. The lowest BCUT2D eigenvalue weighted by atomic mass is 9.81. The van der Waals surface area contributed by atoms with Crippen LogP contribution in [0.1, 0.15) is 52.0 Å². The summed E-state index contributed by atoms with van der Waals surface area (Å²) in [6.45, 7) is 8.63. The van der Waals surface area contributed by atoms with Crippen LogP contribution in [0.15, 0.2) is 60.8 Å². The van der Waals surface area contributed by atoms with Crippen LogP contribution >= 0.6 is 0 Å². The van der Waals surface area contributed by atoms with Gasteiger partial charge in [0.25, 0.3) is 0 Å². The number of nitrogens with two attached hydrogens (primary N) is 1. The Hall–Kier alpha value is -6.18. The predicted molar refractivity (Wildman–Crippen MR) is 210 cm³/mol. The first-order valence-electron chi connectivity index (χ1n) is 19.2. The molecule has 2 aromatic heterocycles. The summed E-state index contributed by atoms with van der Waals surface area (Å²) in [6.07, 6.45) is -1.39. The molecule has 2 fully saturated rings. The van der Waals surface area contributed by atoms with Crippen LogP contribution in [0.3, 0.4) is 0 Å². The zero-order valence-corrected chi connectivity index (χ0v) is 33.2. The van der Waals surface area contributed by atoms with E-state index in [1.165, 1.54) is 11.0 Å². The van der Waals surface area contributed by atoms with E-state index < -0.39 is 47.5 Å². The maximum Gasteiger partial charge on any atom is 0.490 e. The predicted octanol–water partition coefficient (Wildman–Crippen LogP) is 5.30. The fourth-order valence-corrected chi connectivity index (χ4v) is 6.86. The Morgan fingerprint density at radius 1 is 1.00 bits per heavy atom. The summed E-state index contributed by atoms with van der Waals surface area (Å²) in [5.41, 5.74) is 8.05. The number of H-pyrrole nitrogens is 1. The van der Waals surface area contributed by atoms with E-state index >= 15 is 4.39 Å². The summed E-state index contributed by atoms with van der Waals surface area (Å²) in [5.74, 6) is -3.24. The third-order valence-corrected chi connectivity index (χ3v) is 9.86. The van der Waals surface area contributed by atoms with Crippen LogP contribution in [0.2, 0.25) is 0 Å². The first-order valence-corrected chi connectivity index (χ1v) is 19.2. The minimum Gasteiger partial charge on any atom is -0.475 e. The number of aromatic amines is 1. The van der Waals surface area contributed by atoms with Crippen molar-refractivity contribution in [1.29, 1.82) is 0 Å². The largest absolute Gasteiger partial charge is 0.490 e. The Labute approximate surface area is 342 Å². The number of carboxylic acid groups (broad SMARTS) is 1. The summed E-state index contributed by atoms with van der Waals surface area (Å²) < 4.78 is 58.2. The molecular formula is C40H47F4N9O7. The van der Waals surface area contributed by atoms with E-state index in [1.807, 2.05) is 32.9 Å². The van der Waals surface area contributed by atoms with Gasteiger partial charge in [0.05, 0.1) is 13.2 Å². The maximum atomic E-state index is 15.7. The quantitative estimate of drug-likeness (QED) is 0.142. The Morgan fingerprint density at radius 3 is 2.18 bits per heavy atom. The number of benzene rings is 2. The fraction of sp³-hybridized carbons (Fsp3) is 0.450. The minimum absolute atomic E-state index is 0.00572. The van der Waals surface area contributed by atoms with Gasteiger partial charge in [-0.25, -0.2) is 19.0 Å². The third kappa shape index (κ3) is 12.4. The van der Waals surface area contributed by atoms with Crippen LogP contribution in [-0.4, -0.2) is 105 Å². The zero-order valence-electron chi connectivity index (χ0n) is 33.2. The normalized spacial score (nSPS) is 17.4. The number of pyridine rings is 1. The number of tetrazole rings is 1. The molecule has 3 heterocycles. The second kappa shape index (κ2) is 19.7. The van der Waals surface area contributed by atoms with Gasteiger partial charge in [0.2, 0.25) is 17.6 Å². The summed E-state index contributed by atoms with van der Waals surface area (Å²) >= 11 is 0. The lowest BCUT2D eigenvalue weighted by Crippen LogP contribution is -2.52. The number of anilines is 2. The number of carbonyl (C=O) groups is 4. The summed E-state index contributed by atoms with van der Waals surface area (Å²) in [4.78, 5) is 56.9. The van der Waals surface area contributed by atoms with Crippen molar-refractivity contribution in [2.45, 2.75) is 70.7 Å². The number of nitrogens with one attached hydrogen (secondary N) is 2. The SMILES string of the molecule is CC(C)(C)OC(=O)NC[C@H]1CC[C@H](C(=O)N(c2ccc(-c3nn[nH]n3)cc2)[C@@H](Cc2ccc(-c3ccc(N4CCOCC4)nc3)c(F)c2)C(N)=O)CC1.O=C(O)C(F)(F)F. The lowest BCUT2D eigenvalue weighted by molar-refractivity contribution is -0.192. The van der Waals surface area contributed by atoms with Gasteiger partial charge in [-0.15, -0.1) is 10.2 Å². The number of carboxylic acids is 1. The molecule has 16 nitrogen and oxygen atoms in total. The van der Waals surface area contributed by atoms with Gasteiger partial charge in [0, 0.05) is 60.5 Å². The molecule has 20 heteroatoms. The Morgan fingerprint density at radius 2 is 1.65 bits per heavy atom. The Kier molecular flexibility index (Phi) is 14.8. The number of aliphatic carboxylic acids is 1. The molecule has 3 amide bonds. The lowest BCUT2D eigenvalue weighted by Gasteiger charge is -2.36. The van der Waals surface area contributed by atoms with E-state index in [0.717, 1.165) is 18.9 Å². The van der Waals surface area contributed by atoms with Crippen LogP contribution in [0, 0.1) is 17.7 Å². The molecule has 2 aliphatic rings. The number of halogens is 4. The second-order valence-corrected chi connectivity index (χ2v) is 15.3. The number of amides is 3. The average molecular weight is 842 g/mol. The van der Waals surface area contributed by atoms with Gasteiger partial charge in [-0.2, -0.15) is 18.4 Å². The molecule has 1 aliphatic heterocycles. The standard InChI is InChI=1S/C38H46FN9O5.C2HF3O2/c1-38(2,3)53-37(51)42-22-24-4-7-27(8-5-24)36(50)48(29-12-9-26(10-13-29)35-43-45-46-44-35)32(34(40)49)21-25-6-14-30(31(39)20-25)28-11-15-33(41-23-28)47-16-18-52-19-17-47;3-2(4,5)1(6)7/h6,9-15,20,23-24,27,32H,4-5,7-8,16-19,21-22H2,1-3H3,(H2,40,49)(H,42,51)(H,43,44,45,46);(H,6,7)/t24-,27-,32-;/m0./s1. The van der Waals surface area contributed by atoms with Crippen molar-refractivity contribution in [3.63, 3.8) is 0 Å². The van der Waals surface area contributed by atoms with E-state index in [0.29, 0.717) is 79.2 Å². The molecule has 2 aromatic carbocycles. The van der Waals surface area contributed by atoms with Gasteiger partial charge in [-0.05, 0) is 106 Å². The molecule has 1 saturated carbocycles. The number of hydrogen-bond donors (Lipinski definition) is 4. The van der Waals surface area contributed by atoms with E-state index in [-0.39, 0.29) is 18.2 Å². The number of hydrogen-bond acceptors (Lipinski definition) is 11. The summed E-state index contributed by atoms with van der Waals surface area (Å²) in [5, 5.41) is 24.0. The number of rotatable bonds is 11. The number of nitrogens with zero attached hydrogens (tertiary/aromatic N) is 6. The van der Waals surface area contributed by atoms with Crippen molar-refractivity contribution in [1.82, 2.24) is 30.9 Å². The molecule has 5 N–H and O–H groups in total. The first kappa shape index (κ1) is 44.9. The molecule has 1 saturated heterocycles. The van der Waals surface area contributed by atoms with Crippen molar-refractivity contribution < 1.29 is 51.3 Å². The van der Waals surface area contributed by atoms with Crippen molar-refractivity contribution in [2.75, 3.05) is 42.6 Å². The number of carbonyl (C=O) groups excluding carboxylic acids is 3. The number of ether oxygens (including phenoxy) is 2. The smallest absolute Gasteiger partial charge is 0.475 e. The van der Waals surface area contributed by atoms with Crippen molar-refractivity contribution in [3.05, 3.63) is 72.2 Å². The molecule has 60 heavy (non-hydrogen) atoms. The molecule has 0 unspecified atom stereocenters. The molecule has 0 spiro atoms. The van der Waals surface area contributed by atoms with E-state index in [2.05, 4.69) is 35.8 Å². The highest BCUT2D eigenvalue weighted by atomic mass is 19.4. The summed E-state index contributed by atoms with van der Waals surface area (Å²) in [6, 6.07) is 14.3. The van der Waals surface area contributed by atoms with Crippen molar-refractivity contribution in [3.8, 4) is 22.5 Å². The average Bonchev–Trinajstić information content (AvgIpc) is 3.75. The molecule has 322 valence electrons. The van der Waals surface area contributed by atoms with Gasteiger partial charge in [0.1, 0.15) is 23.3 Å². The maximum absolute atomic E-state index is 15.7. The number of alkyl carbamates (subject to hydrolysis) is 1. The van der Waals surface area contributed by atoms with Crippen LogP contribution in [0.4, 0.5) is 33.9 Å². The van der Waals surface area contributed by atoms with Crippen LogP contribution in [0.25, 0.3) is 22.5 Å². The van der Waals surface area contributed by atoms with Crippen molar-refractivity contribution in [2.24, 2.45) is 17.6 Å². The fourth-order valence-electron chi connectivity index (χ4n) is 6.86. The van der Waals surface area contributed by atoms with Gasteiger partial charge in [0.15, 0.2) is 0 Å². The highest BCUT2D eigenvalue weighted by Crippen LogP contribution is 2.34. The van der Waals surface area contributed by atoms with Gasteiger partial charge in [-0.3, -0.25) is 14.5 Å². The highest BCUT2D eigenvalue weighted by molar-refractivity contribution is 6.01. The molecule has 4 aromatic rings. The highest BCUT2D eigenvalue weighted by Gasteiger charge is 2.38. The number of alkyl halides is 3. The number of morpholine rings is 1. The van der Waals surface area contributed by atoms with Crippen LogP contribution in [0.5, 0.6) is 0 Å². The molecule has 0 bridgehead atoms. The Bertz CT molecular complexity index is 2070. The molecule has 6 rings (SSSR count).